The molecule has 0 bridgehead atoms. The van der Waals surface area contributed by atoms with Crippen LogP contribution in [0.2, 0.25) is 0 Å². The topological polar surface area (TPSA) is 56.5 Å². The van der Waals surface area contributed by atoms with Crippen LogP contribution in [0.4, 0.5) is 0 Å². The molecule has 0 aliphatic carbocycles. The van der Waals surface area contributed by atoms with Crippen molar-refractivity contribution >= 4 is 53.3 Å². The first-order chi connectivity index (χ1) is 28.3. The van der Waals surface area contributed by atoms with Gasteiger partial charge in [0.15, 0.2) is 11.6 Å². The maximum Gasteiger partial charge on any atom is 0.163 e. The Bertz CT molecular complexity index is 3200. The maximum atomic E-state index is 5.45. The fraction of sp³-hybridized carbons (Fsp3) is 0.0196. The van der Waals surface area contributed by atoms with Crippen molar-refractivity contribution in [3.05, 3.63) is 200 Å². The molecule has 0 unspecified atom stereocenters. The predicted molar refractivity (Wildman–Crippen MR) is 236 cm³/mol. The molecule has 0 atom stereocenters. The van der Waals surface area contributed by atoms with Gasteiger partial charge in [-0.15, -0.1) is 11.3 Å². The fourth-order valence-corrected chi connectivity index (χ4v) is 9.38. The van der Waals surface area contributed by atoms with Crippen molar-refractivity contribution in [2.75, 3.05) is 0 Å². The molecule has 5 nitrogen and oxygen atoms in total. The Morgan fingerprint density at radius 2 is 1.02 bits per heavy atom. The average molecular weight is 748 g/mol. The second kappa shape index (κ2) is 13.8. The van der Waals surface area contributed by atoms with E-state index in [1.807, 2.05) is 53.9 Å². The number of fused-ring (bicyclic) bond motifs is 7. The molecule has 0 aliphatic heterocycles. The molecule has 0 radical (unpaired) electrons. The van der Waals surface area contributed by atoms with E-state index in [1.165, 1.54) is 30.9 Å². The molecule has 11 rings (SSSR count). The summed E-state index contributed by atoms with van der Waals surface area (Å²) in [5.41, 5.74) is 9.62. The smallest absolute Gasteiger partial charge is 0.163 e. The fourth-order valence-electron chi connectivity index (χ4n) is 8.14. The number of nitrogens with zero attached hydrogens (tertiary/aromatic N) is 5. The predicted octanol–water partition coefficient (Wildman–Crippen LogP) is 13.0. The lowest BCUT2D eigenvalue weighted by Gasteiger charge is -2.16. The number of rotatable bonds is 7. The lowest BCUT2D eigenvalue weighted by Crippen LogP contribution is -2.08. The van der Waals surface area contributed by atoms with Gasteiger partial charge >= 0.3 is 0 Å². The molecule has 4 aromatic heterocycles. The summed E-state index contributed by atoms with van der Waals surface area (Å²) >= 11 is 1.84. The van der Waals surface area contributed by atoms with Crippen LogP contribution in [0.15, 0.2) is 188 Å². The Hall–Kier alpha value is -7.28. The van der Waals surface area contributed by atoms with E-state index < -0.39 is 0 Å². The largest absolute Gasteiger partial charge is 0.292 e. The Kier molecular flexibility index (Phi) is 8.00. The van der Waals surface area contributed by atoms with E-state index in [4.69, 9.17) is 19.9 Å². The summed E-state index contributed by atoms with van der Waals surface area (Å²) < 4.78 is 4.89. The van der Waals surface area contributed by atoms with Crippen molar-refractivity contribution in [2.45, 2.75) is 6.42 Å². The highest BCUT2D eigenvalue weighted by molar-refractivity contribution is 7.26. The molecule has 0 fully saturated rings. The molecule has 11 aromatic rings. The molecule has 7 aromatic carbocycles. The van der Waals surface area contributed by atoms with Crippen molar-refractivity contribution in [2.24, 2.45) is 0 Å². The SMILES string of the molecule is c1ccc(-c2nc(Cc3cc(-c4ccccc4-c4ccccc4)cnc3-n3c4ccccc4c4ccc5c6ccccc6sc5c43)nc(-c3ccccc3)n2)cc1. The van der Waals surface area contributed by atoms with E-state index in [2.05, 4.69) is 150 Å². The molecular weight excluding hydrogens is 715 g/mol. The van der Waals surface area contributed by atoms with Crippen LogP contribution < -0.4 is 0 Å². The third-order valence-electron chi connectivity index (χ3n) is 10.8. The van der Waals surface area contributed by atoms with Gasteiger partial charge < -0.3 is 0 Å². The Morgan fingerprint density at radius 1 is 0.456 bits per heavy atom. The van der Waals surface area contributed by atoms with Crippen LogP contribution in [0.1, 0.15) is 11.4 Å². The van der Waals surface area contributed by atoms with Crippen LogP contribution in [-0.2, 0) is 6.42 Å². The minimum absolute atomic E-state index is 0.433. The van der Waals surface area contributed by atoms with Gasteiger partial charge in [0, 0.05) is 61.1 Å². The van der Waals surface area contributed by atoms with Gasteiger partial charge in [-0.3, -0.25) is 4.57 Å². The highest BCUT2D eigenvalue weighted by atomic mass is 32.1. The summed E-state index contributed by atoms with van der Waals surface area (Å²) in [4.78, 5) is 20.8. The summed E-state index contributed by atoms with van der Waals surface area (Å²) in [6.45, 7) is 0. The molecule has 0 amide bonds. The monoisotopic (exact) mass is 747 g/mol. The molecule has 0 saturated carbocycles. The molecule has 0 spiro atoms. The van der Waals surface area contributed by atoms with Crippen LogP contribution in [0, 0.1) is 0 Å². The molecule has 0 saturated heterocycles. The number of aromatic nitrogens is 5. The molecule has 6 heteroatoms. The van der Waals surface area contributed by atoms with Crippen molar-refractivity contribution in [1.82, 2.24) is 24.5 Å². The first kappa shape index (κ1) is 33.1. The zero-order valence-electron chi connectivity index (χ0n) is 30.7. The Labute approximate surface area is 333 Å². The molecule has 268 valence electrons. The quantitative estimate of drug-likeness (QED) is 0.163. The van der Waals surface area contributed by atoms with E-state index in [1.54, 1.807) is 0 Å². The number of pyridine rings is 1. The first-order valence-electron chi connectivity index (χ1n) is 19.1. The van der Waals surface area contributed by atoms with Crippen molar-refractivity contribution in [3.8, 4) is 50.8 Å². The third-order valence-corrected chi connectivity index (χ3v) is 11.9. The summed E-state index contributed by atoms with van der Waals surface area (Å²) in [6, 6.07) is 63.7. The van der Waals surface area contributed by atoms with Crippen molar-refractivity contribution < 1.29 is 0 Å². The van der Waals surface area contributed by atoms with Crippen LogP contribution >= 0.6 is 11.3 Å². The van der Waals surface area contributed by atoms with Gasteiger partial charge in [-0.2, -0.15) is 0 Å². The summed E-state index contributed by atoms with van der Waals surface area (Å²) in [5.74, 6) is 2.81. The molecular formula is C51H33N5S. The van der Waals surface area contributed by atoms with E-state index in [0.717, 1.165) is 55.8 Å². The Morgan fingerprint density at radius 3 is 1.72 bits per heavy atom. The van der Waals surface area contributed by atoms with Gasteiger partial charge in [-0.1, -0.05) is 164 Å². The van der Waals surface area contributed by atoms with Gasteiger partial charge in [-0.25, -0.2) is 19.9 Å². The molecule has 4 heterocycles. The van der Waals surface area contributed by atoms with Gasteiger partial charge in [0.2, 0.25) is 0 Å². The number of hydrogen-bond donors (Lipinski definition) is 0. The van der Waals surface area contributed by atoms with E-state index >= 15 is 0 Å². The van der Waals surface area contributed by atoms with Crippen LogP contribution in [-0.4, -0.2) is 24.5 Å². The van der Waals surface area contributed by atoms with Crippen molar-refractivity contribution in [1.29, 1.82) is 0 Å². The van der Waals surface area contributed by atoms with Crippen molar-refractivity contribution in [3.63, 3.8) is 0 Å². The molecule has 0 N–H and O–H groups in total. The number of para-hydroxylation sites is 1. The maximum absolute atomic E-state index is 5.45. The van der Waals surface area contributed by atoms with Gasteiger partial charge in [-0.05, 0) is 34.9 Å². The first-order valence-corrected chi connectivity index (χ1v) is 19.9. The summed E-state index contributed by atoms with van der Waals surface area (Å²) in [7, 11) is 0. The lowest BCUT2D eigenvalue weighted by atomic mass is 9.94. The average Bonchev–Trinajstić information content (AvgIpc) is 3.83. The zero-order valence-corrected chi connectivity index (χ0v) is 31.6. The van der Waals surface area contributed by atoms with E-state index in [9.17, 15) is 0 Å². The highest BCUT2D eigenvalue weighted by Gasteiger charge is 2.22. The number of thiophene rings is 1. The lowest BCUT2D eigenvalue weighted by molar-refractivity contribution is 0.914. The third kappa shape index (κ3) is 5.77. The molecule has 57 heavy (non-hydrogen) atoms. The van der Waals surface area contributed by atoms with E-state index in [0.29, 0.717) is 23.9 Å². The second-order valence-electron chi connectivity index (χ2n) is 14.2. The molecule has 0 aliphatic rings. The summed E-state index contributed by atoms with van der Waals surface area (Å²) in [5, 5.41) is 4.91. The van der Waals surface area contributed by atoms with Crippen LogP contribution in [0.3, 0.4) is 0 Å². The number of hydrogen-bond acceptors (Lipinski definition) is 5. The van der Waals surface area contributed by atoms with Gasteiger partial charge in [0.25, 0.3) is 0 Å². The Balaban J connectivity index is 1.19. The second-order valence-corrected chi connectivity index (χ2v) is 15.3. The van der Waals surface area contributed by atoms with Crippen LogP contribution in [0.5, 0.6) is 0 Å². The highest BCUT2D eigenvalue weighted by Crippen LogP contribution is 2.43. The zero-order chi connectivity index (χ0) is 37.7. The summed E-state index contributed by atoms with van der Waals surface area (Å²) in [6.07, 6.45) is 2.47. The minimum atomic E-state index is 0.433. The number of benzene rings is 7. The normalized spacial score (nSPS) is 11.6. The van der Waals surface area contributed by atoms with Gasteiger partial charge in [0.05, 0.1) is 15.7 Å². The minimum Gasteiger partial charge on any atom is -0.292 e. The standard InChI is InChI=1S/C51H33N5S/c1-4-16-33(17-5-1)38-22-10-11-23-39(38)37-30-36(31-46-53-49(34-18-6-2-7-19-34)55-50(54-46)35-20-8-3-9-21-35)51(52-32-37)56-44-26-14-12-24-40(44)42-28-29-43-41-25-13-15-27-45(41)57-48(43)47(42)56/h1-30,32H,31H2. The van der Waals surface area contributed by atoms with Gasteiger partial charge in [0.1, 0.15) is 11.6 Å². The van der Waals surface area contributed by atoms with E-state index in [-0.39, 0.29) is 0 Å². The van der Waals surface area contributed by atoms with Crippen LogP contribution in [0.25, 0.3) is 92.8 Å².